The first-order chi connectivity index (χ1) is 17.9. The zero-order valence-corrected chi connectivity index (χ0v) is 21.6. The molecule has 1 aliphatic rings. The summed E-state index contributed by atoms with van der Waals surface area (Å²) in [6.45, 7) is 9.06. The molecule has 7 nitrogen and oxygen atoms in total. The topological polar surface area (TPSA) is 79.0 Å². The van der Waals surface area contributed by atoms with Crippen LogP contribution in [0.15, 0.2) is 66.7 Å². The number of carbonyl (C=O) groups excluding carboxylic acids is 3. The third kappa shape index (κ3) is 6.24. The number of aryl methyl sites for hydroxylation is 2. The van der Waals surface area contributed by atoms with Gasteiger partial charge in [0, 0.05) is 42.1 Å². The summed E-state index contributed by atoms with van der Waals surface area (Å²) in [6.07, 6.45) is 0. The number of benzene rings is 3. The molecule has 192 valence electrons. The fraction of sp³-hybridized carbons (Fsp3) is 0.300. The van der Waals surface area contributed by atoms with Gasteiger partial charge in [-0.05, 0) is 68.3 Å². The number of rotatable bonds is 8. The van der Waals surface area contributed by atoms with Gasteiger partial charge in [0.1, 0.15) is 6.54 Å². The molecule has 3 aromatic carbocycles. The van der Waals surface area contributed by atoms with Crippen molar-refractivity contribution in [3.8, 4) is 0 Å². The van der Waals surface area contributed by atoms with Crippen LogP contribution in [-0.4, -0.2) is 61.9 Å². The Bertz CT molecular complexity index is 1280. The van der Waals surface area contributed by atoms with Crippen LogP contribution in [0.4, 0.5) is 11.4 Å². The van der Waals surface area contributed by atoms with Crippen molar-refractivity contribution in [2.24, 2.45) is 0 Å². The molecule has 1 heterocycles. The molecule has 0 aromatic heterocycles. The van der Waals surface area contributed by atoms with Gasteiger partial charge in [0.05, 0.1) is 18.8 Å². The third-order valence-corrected chi connectivity index (χ3v) is 6.70. The van der Waals surface area contributed by atoms with Crippen molar-refractivity contribution in [1.29, 1.82) is 0 Å². The molecule has 1 fully saturated rings. The molecule has 1 aliphatic heterocycles. The first-order valence-corrected chi connectivity index (χ1v) is 12.6. The molecule has 7 heteroatoms. The predicted molar refractivity (Wildman–Crippen MR) is 145 cm³/mol. The number of nitrogens with zero attached hydrogens (tertiary/aromatic N) is 2. The maximum absolute atomic E-state index is 13.4. The monoisotopic (exact) mass is 499 g/mol. The van der Waals surface area contributed by atoms with Gasteiger partial charge in [0.2, 0.25) is 5.91 Å². The Kier molecular flexibility index (Phi) is 8.36. The van der Waals surface area contributed by atoms with Gasteiger partial charge in [-0.25, -0.2) is 0 Å². The third-order valence-electron chi connectivity index (χ3n) is 6.70. The van der Waals surface area contributed by atoms with Gasteiger partial charge in [-0.1, -0.05) is 30.3 Å². The lowest BCUT2D eigenvalue weighted by atomic mass is 9.95. The average molecular weight is 500 g/mol. The predicted octanol–water partition coefficient (Wildman–Crippen LogP) is 4.47. The van der Waals surface area contributed by atoms with E-state index >= 15 is 0 Å². The van der Waals surface area contributed by atoms with Crippen molar-refractivity contribution < 1.29 is 19.1 Å². The molecule has 2 amide bonds. The van der Waals surface area contributed by atoms with E-state index in [1.807, 2.05) is 57.2 Å². The highest BCUT2D eigenvalue weighted by Gasteiger charge is 2.23. The highest BCUT2D eigenvalue weighted by molar-refractivity contribution is 6.15. The van der Waals surface area contributed by atoms with Crippen molar-refractivity contribution in [2.45, 2.75) is 20.8 Å². The zero-order chi connectivity index (χ0) is 26.4. The van der Waals surface area contributed by atoms with Crippen molar-refractivity contribution in [3.63, 3.8) is 0 Å². The smallest absolute Gasteiger partial charge is 0.255 e. The van der Waals surface area contributed by atoms with Gasteiger partial charge >= 0.3 is 0 Å². The number of likely N-dealkylation sites (N-methyl/N-ethyl adjacent to an activating group) is 1. The quantitative estimate of drug-likeness (QED) is 0.463. The Hall–Kier alpha value is -3.97. The SMILES string of the molecule is CCN(CC(=O)Nc1ccc(N2CCOCC2)cc1)C(=O)c1ccccc1C(=O)c1ccc(C)c(C)c1. The molecule has 0 spiro atoms. The number of ketones is 1. The Morgan fingerprint density at radius 2 is 1.57 bits per heavy atom. The van der Waals surface area contributed by atoms with Crippen LogP contribution in [0.5, 0.6) is 0 Å². The minimum atomic E-state index is -0.354. The Labute approximate surface area is 218 Å². The summed E-state index contributed by atoms with van der Waals surface area (Å²) in [4.78, 5) is 43.2. The number of morpholine rings is 1. The zero-order valence-electron chi connectivity index (χ0n) is 21.6. The lowest BCUT2D eigenvalue weighted by Gasteiger charge is -2.29. The summed E-state index contributed by atoms with van der Waals surface area (Å²) in [5, 5.41) is 2.87. The number of amides is 2. The lowest BCUT2D eigenvalue weighted by molar-refractivity contribution is -0.116. The van der Waals surface area contributed by atoms with E-state index in [2.05, 4.69) is 10.2 Å². The molecule has 0 aliphatic carbocycles. The first-order valence-electron chi connectivity index (χ1n) is 12.6. The fourth-order valence-electron chi connectivity index (χ4n) is 4.35. The van der Waals surface area contributed by atoms with Crippen molar-refractivity contribution in [1.82, 2.24) is 4.90 Å². The highest BCUT2D eigenvalue weighted by atomic mass is 16.5. The Balaban J connectivity index is 1.44. The summed E-state index contributed by atoms with van der Waals surface area (Å²) < 4.78 is 5.40. The number of ether oxygens (including phenoxy) is 1. The Morgan fingerprint density at radius 1 is 0.892 bits per heavy atom. The van der Waals surface area contributed by atoms with Crippen LogP contribution in [0.2, 0.25) is 0 Å². The normalized spacial score (nSPS) is 13.2. The number of anilines is 2. The van der Waals surface area contributed by atoms with Crippen LogP contribution in [-0.2, 0) is 9.53 Å². The van der Waals surface area contributed by atoms with Gasteiger partial charge in [0.25, 0.3) is 5.91 Å². The Morgan fingerprint density at radius 3 is 2.22 bits per heavy atom. The van der Waals surface area contributed by atoms with Crippen molar-refractivity contribution in [2.75, 3.05) is 49.6 Å². The number of nitrogens with one attached hydrogen (secondary N) is 1. The molecule has 4 rings (SSSR count). The van der Waals surface area contributed by atoms with E-state index < -0.39 is 0 Å². The molecule has 37 heavy (non-hydrogen) atoms. The fourth-order valence-corrected chi connectivity index (χ4v) is 4.35. The molecule has 1 N–H and O–H groups in total. The maximum atomic E-state index is 13.4. The maximum Gasteiger partial charge on any atom is 0.255 e. The van der Waals surface area contributed by atoms with Crippen LogP contribution in [0, 0.1) is 13.8 Å². The summed E-state index contributed by atoms with van der Waals surface area (Å²) in [5.74, 6) is -0.867. The number of carbonyl (C=O) groups is 3. The van der Waals surface area contributed by atoms with E-state index in [1.165, 1.54) is 4.90 Å². The van der Waals surface area contributed by atoms with Crippen LogP contribution in [0.25, 0.3) is 0 Å². The minimum absolute atomic E-state index is 0.118. The number of hydrogen-bond donors (Lipinski definition) is 1. The average Bonchev–Trinajstić information content (AvgIpc) is 2.93. The second kappa shape index (κ2) is 11.8. The van der Waals surface area contributed by atoms with Gasteiger partial charge in [-0.15, -0.1) is 0 Å². The molecule has 1 saturated heterocycles. The van der Waals surface area contributed by atoms with Gasteiger partial charge in [-0.2, -0.15) is 0 Å². The molecule has 0 radical (unpaired) electrons. The lowest BCUT2D eigenvalue weighted by Crippen LogP contribution is -2.38. The van der Waals surface area contributed by atoms with E-state index in [0.717, 1.165) is 29.9 Å². The van der Waals surface area contributed by atoms with E-state index in [4.69, 9.17) is 4.74 Å². The molecular weight excluding hydrogens is 466 g/mol. The molecule has 0 unspecified atom stereocenters. The van der Waals surface area contributed by atoms with Crippen LogP contribution >= 0.6 is 0 Å². The van der Waals surface area contributed by atoms with Gasteiger partial charge in [0.15, 0.2) is 5.78 Å². The second-order valence-corrected chi connectivity index (χ2v) is 9.19. The van der Waals surface area contributed by atoms with E-state index in [0.29, 0.717) is 36.6 Å². The molecule has 0 bridgehead atoms. The second-order valence-electron chi connectivity index (χ2n) is 9.19. The summed E-state index contributed by atoms with van der Waals surface area (Å²) >= 11 is 0. The van der Waals surface area contributed by atoms with E-state index in [1.54, 1.807) is 30.3 Å². The van der Waals surface area contributed by atoms with Gasteiger partial charge in [-0.3, -0.25) is 14.4 Å². The summed E-state index contributed by atoms with van der Waals surface area (Å²) in [7, 11) is 0. The minimum Gasteiger partial charge on any atom is -0.378 e. The molecule has 0 atom stereocenters. The highest BCUT2D eigenvalue weighted by Crippen LogP contribution is 2.21. The number of hydrogen-bond acceptors (Lipinski definition) is 5. The molecular formula is C30H33N3O4. The van der Waals surface area contributed by atoms with E-state index in [9.17, 15) is 14.4 Å². The largest absolute Gasteiger partial charge is 0.378 e. The van der Waals surface area contributed by atoms with Gasteiger partial charge < -0.3 is 19.9 Å². The first kappa shape index (κ1) is 26.1. The van der Waals surface area contributed by atoms with Crippen molar-refractivity contribution in [3.05, 3.63) is 94.5 Å². The summed E-state index contributed by atoms with van der Waals surface area (Å²) in [6, 6.07) is 20.0. The molecule has 3 aromatic rings. The molecule has 0 saturated carbocycles. The summed E-state index contributed by atoms with van der Waals surface area (Å²) in [5.41, 5.74) is 5.00. The van der Waals surface area contributed by atoms with Crippen LogP contribution in [0.3, 0.4) is 0 Å². The van der Waals surface area contributed by atoms with Crippen LogP contribution in [0.1, 0.15) is 44.3 Å². The van der Waals surface area contributed by atoms with Crippen LogP contribution < -0.4 is 10.2 Å². The standard InChI is InChI=1S/C30H33N3O4/c1-4-32(20-28(34)31-24-11-13-25(14-12-24)33-15-17-37-18-16-33)30(36)27-8-6-5-7-26(27)29(35)23-10-9-21(2)22(3)19-23/h5-14,19H,4,15-18,20H2,1-3H3,(H,31,34). The van der Waals surface area contributed by atoms with E-state index in [-0.39, 0.29) is 29.7 Å². The van der Waals surface area contributed by atoms with Crippen molar-refractivity contribution >= 4 is 29.0 Å².